The summed E-state index contributed by atoms with van der Waals surface area (Å²) >= 11 is 0. The van der Waals surface area contributed by atoms with Gasteiger partial charge in [-0.05, 0) is 36.6 Å². The molecule has 2 atom stereocenters. The predicted octanol–water partition coefficient (Wildman–Crippen LogP) is 2.99. The molecule has 0 spiro atoms. The van der Waals surface area contributed by atoms with Gasteiger partial charge in [-0.3, -0.25) is 15.2 Å². The van der Waals surface area contributed by atoms with Gasteiger partial charge in [-0.25, -0.2) is 0 Å². The van der Waals surface area contributed by atoms with E-state index in [9.17, 15) is 4.79 Å². The van der Waals surface area contributed by atoms with E-state index in [1.807, 2.05) is 36.4 Å². The Bertz CT molecular complexity index is 827. The van der Waals surface area contributed by atoms with E-state index in [0.717, 1.165) is 29.4 Å². The van der Waals surface area contributed by atoms with E-state index < -0.39 is 0 Å². The number of nitrogens with zero attached hydrogens (tertiary/aromatic N) is 1. The first-order valence-corrected chi connectivity index (χ1v) is 7.84. The second-order valence-corrected chi connectivity index (χ2v) is 5.92. The molecule has 3 aromatic rings. The smallest absolute Gasteiger partial charge is 0.241 e. The van der Waals surface area contributed by atoms with Crippen LogP contribution in [-0.2, 0) is 4.79 Å². The maximum atomic E-state index is 12.5. The molecule has 1 fully saturated rings. The lowest BCUT2D eigenvalue weighted by molar-refractivity contribution is -0.117. The van der Waals surface area contributed by atoms with E-state index in [1.165, 1.54) is 5.56 Å². The molecule has 1 unspecified atom stereocenters. The summed E-state index contributed by atoms with van der Waals surface area (Å²) in [6.45, 7) is 0. The zero-order valence-electron chi connectivity index (χ0n) is 12.6. The first-order valence-electron chi connectivity index (χ1n) is 7.84. The molecule has 0 bridgehead atoms. The van der Waals surface area contributed by atoms with Crippen molar-refractivity contribution >= 4 is 22.5 Å². The molecule has 1 aromatic heterocycles. The highest BCUT2D eigenvalue weighted by Gasteiger charge is 2.29. The number of fused-ring (bicyclic) bond motifs is 1. The molecule has 0 saturated carbocycles. The fourth-order valence-electron chi connectivity index (χ4n) is 3.15. The molecule has 3 N–H and O–H groups in total. The van der Waals surface area contributed by atoms with E-state index in [1.54, 1.807) is 6.20 Å². The number of carbonyl (C=O) groups excluding carboxylic acids is 1. The predicted molar refractivity (Wildman–Crippen MR) is 90.1 cm³/mol. The van der Waals surface area contributed by atoms with Gasteiger partial charge in [0.1, 0.15) is 0 Å². The number of carbonyl (C=O) groups is 1. The van der Waals surface area contributed by atoms with Gasteiger partial charge in [-0.2, -0.15) is 5.10 Å². The Balaban J connectivity index is 1.43. The van der Waals surface area contributed by atoms with Gasteiger partial charge in [0.25, 0.3) is 0 Å². The molecule has 5 nitrogen and oxygen atoms in total. The lowest BCUT2D eigenvalue weighted by Crippen LogP contribution is -2.36. The van der Waals surface area contributed by atoms with Crippen molar-refractivity contribution in [2.75, 3.05) is 5.32 Å². The van der Waals surface area contributed by atoms with Gasteiger partial charge >= 0.3 is 0 Å². The van der Waals surface area contributed by atoms with Crippen molar-refractivity contribution in [3.63, 3.8) is 0 Å². The van der Waals surface area contributed by atoms with Gasteiger partial charge < -0.3 is 5.32 Å². The van der Waals surface area contributed by atoms with E-state index in [0.29, 0.717) is 0 Å². The molecular weight excluding hydrogens is 288 g/mol. The summed E-state index contributed by atoms with van der Waals surface area (Å²) in [6.07, 6.45) is 3.58. The third-order valence-corrected chi connectivity index (χ3v) is 4.37. The van der Waals surface area contributed by atoms with Crippen molar-refractivity contribution in [1.29, 1.82) is 0 Å². The Labute approximate surface area is 134 Å². The number of aromatic nitrogens is 2. The molecule has 1 aliphatic rings. The van der Waals surface area contributed by atoms with Crippen LogP contribution in [0.15, 0.2) is 54.7 Å². The Morgan fingerprint density at radius 3 is 2.87 bits per heavy atom. The Morgan fingerprint density at radius 1 is 1.13 bits per heavy atom. The van der Waals surface area contributed by atoms with Crippen LogP contribution in [0.2, 0.25) is 0 Å². The maximum Gasteiger partial charge on any atom is 0.241 e. The summed E-state index contributed by atoms with van der Waals surface area (Å²) in [4.78, 5) is 12.5. The molecule has 1 aliphatic heterocycles. The first-order chi connectivity index (χ1) is 11.3. The number of amides is 1. The van der Waals surface area contributed by atoms with Crippen LogP contribution < -0.4 is 10.6 Å². The average molecular weight is 306 g/mol. The highest BCUT2D eigenvalue weighted by molar-refractivity contribution is 5.96. The molecule has 2 aromatic carbocycles. The largest absolute Gasteiger partial charge is 0.325 e. The standard InChI is InChI=1S/C18H18N4O/c23-18(20-14-6-7-16-13(10-14)11-19-22-16)17-9-8-15(21-17)12-4-2-1-3-5-12/h1-7,10-11,15,17,21H,8-9H2,(H,19,22)(H,20,23)/t15-,17?/m1/s1. The van der Waals surface area contributed by atoms with Gasteiger partial charge in [0.2, 0.25) is 5.91 Å². The monoisotopic (exact) mass is 306 g/mol. The Kier molecular flexibility index (Phi) is 3.55. The van der Waals surface area contributed by atoms with Crippen LogP contribution in [0, 0.1) is 0 Å². The minimum absolute atomic E-state index is 0.0197. The fourth-order valence-corrected chi connectivity index (χ4v) is 3.15. The van der Waals surface area contributed by atoms with Crippen molar-refractivity contribution < 1.29 is 4.79 Å². The minimum Gasteiger partial charge on any atom is -0.325 e. The number of nitrogens with one attached hydrogen (secondary N) is 3. The molecule has 1 saturated heterocycles. The van der Waals surface area contributed by atoms with E-state index in [2.05, 4.69) is 33.0 Å². The van der Waals surface area contributed by atoms with Crippen LogP contribution >= 0.6 is 0 Å². The number of hydrogen-bond acceptors (Lipinski definition) is 3. The summed E-state index contributed by atoms with van der Waals surface area (Å²) < 4.78 is 0. The van der Waals surface area contributed by atoms with Crippen LogP contribution in [0.5, 0.6) is 0 Å². The van der Waals surface area contributed by atoms with Gasteiger partial charge in [0, 0.05) is 17.1 Å². The van der Waals surface area contributed by atoms with E-state index in [4.69, 9.17) is 0 Å². The SMILES string of the molecule is O=C(Nc1ccc2[nH]ncc2c1)C1CC[C@H](c2ccccc2)N1. The first kappa shape index (κ1) is 14.0. The minimum atomic E-state index is -0.153. The van der Waals surface area contributed by atoms with Crippen molar-refractivity contribution in [3.8, 4) is 0 Å². The number of aromatic amines is 1. The quantitative estimate of drug-likeness (QED) is 0.696. The number of hydrogen-bond donors (Lipinski definition) is 3. The molecule has 23 heavy (non-hydrogen) atoms. The third kappa shape index (κ3) is 2.83. The van der Waals surface area contributed by atoms with Crippen molar-refractivity contribution in [2.45, 2.75) is 24.9 Å². The zero-order chi connectivity index (χ0) is 15.6. The second-order valence-electron chi connectivity index (χ2n) is 5.92. The third-order valence-electron chi connectivity index (χ3n) is 4.37. The molecule has 0 radical (unpaired) electrons. The molecule has 0 aliphatic carbocycles. The average Bonchev–Trinajstić information content (AvgIpc) is 3.24. The molecule has 2 heterocycles. The highest BCUT2D eigenvalue weighted by Crippen LogP contribution is 2.27. The van der Waals surface area contributed by atoms with E-state index in [-0.39, 0.29) is 18.0 Å². The number of benzene rings is 2. The summed E-state index contributed by atoms with van der Waals surface area (Å²) in [5.74, 6) is 0.0197. The lowest BCUT2D eigenvalue weighted by Gasteiger charge is -2.15. The maximum absolute atomic E-state index is 12.5. The van der Waals surface area contributed by atoms with Gasteiger partial charge in [-0.1, -0.05) is 30.3 Å². The van der Waals surface area contributed by atoms with Crippen molar-refractivity contribution in [2.24, 2.45) is 0 Å². The number of rotatable bonds is 3. The Hall–Kier alpha value is -2.66. The molecule has 116 valence electrons. The van der Waals surface area contributed by atoms with Gasteiger partial charge in [0.05, 0.1) is 17.8 Å². The summed E-state index contributed by atoms with van der Waals surface area (Å²) in [7, 11) is 0. The lowest BCUT2D eigenvalue weighted by atomic mass is 10.1. The topological polar surface area (TPSA) is 69.8 Å². The summed E-state index contributed by atoms with van der Waals surface area (Å²) in [5.41, 5.74) is 3.00. The van der Waals surface area contributed by atoms with Crippen LogP contribution in [0.25, 0.3) is 10.9 Å². The molecule has 5 heteroatoms. The normalized spacial score (nSPS) is 20.7. The fraction of sp³-hybridized carbons (Fsp3) is 0.222. The van der Waals surface area contributed by atoms with Crippen LogP contribution in [-0.4, -0.2) is 22.1 Å². The van der Waals surface area contributed by atoms with E-state index >= 15 is 0 Å². The zero-order valence-corrected chi connectivity index (χ0v) is 12.6. The molecule has 4 rings (SSSR count). The van der Waals surface area contributed by atoms with Crippen molar-refractivity contribution in [3.05, 3.63) is 60.3 Å². The number of anilines is 1. The van der Waals surface area contributed by atoms with Crippen LogP contribution in [0.3, 0.4) is 0 Å². The highest BCUT2D eigenvalue weighted by atomic mass is 16.2. The van der Waals surface area contributed by atoms with Gasteiger partial charge in [-0.15, -0.1) is 0 Å². The Morgan fingerprint density at radius 2 is 2.00 bits per heavy atom. The van der Waals surface area contributed by atoms with Gasteiger partial charge in [0.15, 0.2) is 0 Å². The molecule has 1 amide bonds. The molecular formula is C18H18N4O. The summed E-state index contributed by atoms with van der Waals surface area (Å²) in [6, 6.07) is 16.1. The second kappa shape index (κ2) is 5.85. The van der Waals surface area contributed by atoms with Crippen molar-refractivity contribution in [1.82, 2.24) is 15.5 Å². The van der Waals surface area contributed by atoms with Crippen LogP contribution in [0.1, 0.15) is 24.4 Å². The number of H-pyrrole nitrogens is 1. The van der Waals surface area contributed by atoms with Crippen LogP contribution in [0.4, 0.5) is 5.69 Å². The summed E-state index contributed by atoms with van der Waals surface area (Å²) in [5, 5.41) is 14.3.